The zero-order valence-electron chi connectivity index (χ0n) is 17.5. The molecule has 10 heteroatoms. The molecule has 3 rings (SSSR count). The number of nitrogens with zero attached hydrogens (tertiary/aromatic N) is 2. The normalized spacial score (nSPS) is 13.3. The Morgan fingerprint density at radius 2 is 1.78 bits per heavy atom. The Labute approximate surface area is 183 Å². The lowest BCUT2D eigenvalue weighted by molar-refractivity contribution is -0.137. The maximum absolute atomic E-state index is 12.5. The molecule has 2 N–H and O–H groups in total. The van der Waals surface area contributed by atoms with E-state index >= 15 is 0 Å². The van der Waals surface area contributed by atoms with Crippen molar-refractivity contribution in [3.8, 4) is 0 Å². The largest absolute Gasteiger partial charge is 0.417 e. The summed E-state index contributed by atoms with van der Waals surface area (Å²) in [7, 11) is 0. The number of nitrogens with one attached hydrogen (secondary N) is 2. The zero-order chi connectivity index (χ0) is 23.3. The summed E-state index contributed by atoms with van der Waals surface area (Å²) >= 11 is 0. The number of pyridine rings is 1. The van der Waals surface area contributed by atoms with Crippen LogP contribution in [0.15, 0.2) is 36.5 Å². The maximum atomic E-state index is 12.5. The van der Waals surface area contributed by atoms with Crippen molar-refractivity contribution in [2.45, 2.75) is 32.4 Å². The van der Waals surface area contributed by atoms with Crippen LogP contribution in [0.2, 0.25) is 0 Å². The second kappa shape index (κ2) is 9.80. The van der Waals surface area contributed by atoms with Gasteiger partial charge in [-0.1, -0.05) is 11.6 Å². The van der Waals surface area contributed by atoms with Gasteiger partial charge >= 0.3 is 6.18 Å². The number of imide groups is 1. The molecule has 3 amide bonds. The van der Waals surface area contributed by atoms with Crippen molar-refractivity contribution in [3.63, 3.8) is 0 Å². The molecule has 170 valence electrons. The Kier molecular flexibility index (Phi) is 7.12. The third kappa shape index (κ3) is 5.63. The second-order valence-electron chi connectivity index (χ2n) is 7.47. The molecule has 0 saturated carbocycles. The Balaban J connectivity index is 1.32. The number of benzene rings is 1. The van der Waals surface area contributed by atoms with Gasteiger partial charge in [0.15, 0.2) is 0 Å². The Hall–Kier alpha value is -3.43. The molecule has 0 radical (unpaired) electrons. The van der Waals surface area contributed by atoms with E-state index in [0.29, 0.717) is 42.9 Å². The third-order valence-electron chi connectivity index (χ3n) is 4.98. The monoisotopic (exact) mass is 448 g/mol. The Morgan fingerprint density at radius 1 is 1.03 bits per heavy atom. The van der Waals surface area contributed by atoms with Gasteiger partial charge in [-0.3, -0.25) is 19.3 Å². The molecule has 0 unspecified atom stereocenters. The van der Waals surface area contributed by atoms with E-state index in [9.17, 15) is 27.6 Å². The molecule has 0 spiro atoms. The van der Waals surface area contributed by atoms with Crippen LogP contribution in [0.4, 0.5) is 19.0 Å². The van der Waals surface area contributed by atoms with Gasteiger partial charge < -0.3 is 10.6 Å². The molecule has 7 nitrogen and oxygen atoms in total. The smallest absolute Gasteiger partial charge is 0.370 e. The van der Waals surface area contributed by atoms with Crippen molar-refractivity contribution in [1.82, 2.24) is 15.2 Å². The van der Waals surface area contributed by atoms with Gasteiger partial charge in [0.1, 0.15) is 5.82 Å². The minimum atomic E-state index is -4.42. The second-order valence-corrected chi connectivity index (χ2v) is 7.47. The van der Waals surface area contributed by atoms with Crippen molar-refractivity contribution in [3.05, 3.63) is 58.8 Å². The summed E-state index contributed by atoms with van der Waals surface area (Å²) in [6, 6.07) is 7.32. The predicted octanol–water partition coefficient (Wildman–Crippen LogP) is 3.40. The van der Waals surface area contributed by atoms with Crippen LogP contribution in [0.1, 0.15) is 51.1 Å². The highest BCUT2D eigenvalue weighted by Crippen LogP contribution is 2.28. The average Bonchev–Trinajstić information content (AvgIpc) is 2.97. The summed E-state index contributed by atoms with van der Waals surface area (Å²) in [5.74, 6) is -0.559. The van der Waals surface area contributed by atoms with Gasteiger partial charge in [-0.25, -0.2) is 4.98 Å². The number of alkyl halides is 3. The number of aryl methyl sites for hydroxylation is 1. The zero-order valence-corrected chi connectivity index (χ0v) is 17.5. The molecule has 1 aliphatic heterocycles. The van der Waals surface area contributed by atoms with Gasteiger partial charge in [0, 0.05) is 32.3 Å². The Bertz CT molecular complexity index is 1010. The molecule has 1 aliphatic rings. The van der Waals surface area contributed by atoms with Gasteiger partial charge in [-0.05, 0) is 44.0 Å². The lowest BCUT2D eigenvalue weighted by Crippen LogP contribution is -2.32. The topological polar surface area (TPSA) is 91.4 Å². The van der Waals surface area contributed by atoms with Crippen LogP contribution in [0, 0.1) is 6.92 Å². The van der Waals surface area contributed by atoms with Crippen LogP contribution >= 0.6 is 0 Å². The van der Waals surface area contributed by atoms with Crippen LogP contribution in [-0.2, 0) is 11.0 Å². The number of fused-ring (bicyclic) bond motifs is 1. The van der Waals surface area contributed by atoms with E-state index in [2.05, 4.69) is 15.6 Å². The molecule has 2 aromatic rings. The van der Waals surface area contributed by atoms with E-state index in [1.54, 1.807) is 18.2 Å². The number of carbonyl (C=O) groups is 3. The fourth-order valence-corrected chi connectivity index (χ4v) is 3.29. The van der Waals surface area contributed by atoms with Gasteiger partial charge in [0.2, 0.25) is 5.91 Å². The fourth-order valence-electron chi connectivity index (χ4n) is 3.29. The molecule has 32 heavy (non-hydrogen) atoms. The number of hydrogen-bond acceptors (Lipinski definition) is 5. The van der Waals surface area contributed by atoms with E-state index in [-0.39, 0.29) is 30.7 Å². The van der Waals surface area contributed by atoms with Gasteiger partial charge in [-0.2, -0.15) is 13.2 Å². The fraction of sp³-hybridized carbons (Fsp3) is 0.364. The van der Waals surface area contributed by atoms with Gasteiger partial charge in [-0.15, -0.1) is 0 Å². The minimum Gasteiger partial charge on any atom is -0.370 e. The van der Waals surface area contributed by atoms with Crippen LogP contribution < -0.4 is 10.6 Å². The van der Waals surface area contributed by atoms with Crippen molar-refractivity contribution >= 4 is 23.5 Å². The SMILES string of the molecule is Cc1ccc2c(c1)C(=O)N(CCCC(=O)NCCCNc1ccc(C(F)(F)F)cn1)C2=O. The first kappa shape index (κ1) is 23.2. The highest BCUT2D eigenvalue weighted by molar-refractivity contribution is 6.21. The van der Waals surface area contributed by atoms with Crippen molar-refractivity contribution in [2.75, 3.05) is 25.0 Å². The molecule has 1 aromatic carbocycles. The summed E-state index contributed by atoms with van der Waals surface area (Å²) in [5, 5.41) is 5.62. The molecule has 0 atom stereocenters. The van der Waals surface area contributed by atoms with Crippen molar-refractivity contribution in [2.24, 2.45) is 0 Å². The van der Waals surface area contributed by atoms with Gasteiger partial charge in [0.25, 0.3) is 11.8 Å². The lowest BCUT2D eigenvalue weighted by atomic mass is 10.1. The number of aromatic nitrogens is 1. The first-order valence-corrected chi connectivity index (χ1v) is 10.2. The number of amides is 3. The summed E-state index contributed by atoms with van der Waals surface area (Å²) in [6.45, 7) is 2.81. The first-order chi connectivity index (χ1) is 15.2. The van der Waals surface area contributed by atoms with Crippen LogP contribution in [0.5, 0.6) is 0 Å². The number of halogens is 3. The third-order valence-corrected chi connectivity index (χ3v) is 4.98. The quantitative estimate of drug-likeness (QED) is 0.453. The number of hydrogen-bond donors (Lipinski definition) is 2. The first-order valence-electron chi connectivity index (χ1n) is 10.2. The minimum absolute atomic E-state index is 0.167. The number of carbonyl (C=O) groups excluding carboxylic acids is 3. The summed E-state index contributed by atoms with van der Waals surface area (Å²) in [5.41, 5.74) is 0.871. The van der Waals surface area contributed by atoms with E-state index < -0.39 is 11.7 Å². The van der Waals surface area contributed by atoms with Gasteiger partial charge in [0.05, 0.1) is 16.7 Å². The van der Waals surface area contributed by atoms with E-state index in [4.69, 9.17) is 0 Å². The van der Waals surface area contributed by atoms with Crippen LogP contribution in [-0.4, -0.2) is 47.2 Å². The van der Waals surface area contributed by atoms with Crippen molar-refractivity contribution in [1.29, 1.82) is 0 Å². The highest BCUT2D eigenvalue weighted by atomic mass is 19.4. The molecule has 0 bridgehead atoms. The lowest BCUT2D eigenvalue weighted by Gasteiger charge is -2.13. The van der Waals surface area contributed by atoms with E-state index in [1.807, 2.05) is 6.92 Å². The molecule has 0 aliphatic carbocycles. The standard InChI is InChI=1S/C22H23F3N4O3/c1-14-5-7-16-17(12-14)21(32)29(20(16)31)11-2-4-19(30)27-10-3-9-26-18-8-6-15(13-28-18)22(23,24)25/h5-8,12-13H,2-4,9-11H2,1H3,(H,26,28)(H,27,30). The number of rotatable bonds is 9. The summed E-state index contributed by atoms with van der Waals surface area (Å²) in [6.07, 6.45) is -2.59. The molecule has 2 heterocycles. The predicted molar refractivity (Wildman–Crippen MR) is 111 cm³/mol. The van der Waals surface area contributed by atoms with Crippen LogP contribution in [0.25, 0.3) is 0 Å². The average molecular weight is 448 g/mol. The van der Waals surface area contributed by atoms with Crippen molar-refractivity contribution < 1.29 is 27.6 Å². The highest BCUT2D eigenvalue weighted by Gasteiger charge is 2.35. The maximum Gasteiger partial charge on any atom is 0.417 e. The molecular formula is C22H23F3N4O3. The Morgan fingerprint density at radius 3 is 2.47 bits per heavy atom. The molecule has 0 fully saturated rings. The molecular weight excluding hydrogens is 425 g/mol. The summed E-state index contributed by atoms with van der Waals surface area (Å²) in [4.78, 5) is 41.6. The van der Waals surface area contributed by atoms with E-state index in [0.717, 1.165) is 17.8 Å². The molecule has 1 aromatic heterocycles. The summed E-state index contributed by atoms with van der Waals surface area (Å²) < 4.78 is 37.5. The van der Waals surface area contributed by atoms with Crippen LogP contribution in [0.3, 0.4) is 0 Å². The molecule has 0 saturated heterocycles. The number of anilines is 1. The van der Waals surface area contributed by atoms with E-state index in [1.165, 1.54) is 11.0 Å².